The molecule has 0 aromatic carbocycles. The summed E-state index contributed by atoms with van der Waals surface area (Å²) >= 11 is 0. The lowest BCUT2D eigenvalue weighted by atomic mass is 9.82. The Hall–Kier alpha value is 0.0500. The number of phosphoric acid groups is 3. The van der Waals surface area contributed by atoms with Gasteiger partial charge in [-0.1, -0.05) is 0 Å². The van der Waals surface area contributed by atoms with Crippen molar-refractivity contribution in [2.45, 2.75) is 36.3 Å². The van der Waals surface area contributed by atoms with E-state index in [0.717, 1.165) is 0 Å². The summed E-state index contributed by atoms with van der Waals surface area (Å²) in [4.78, 5) is 34.9. The Morgan fingerprint density at radius 2 is 1.00 bits per heavy atom. The van der Waals surface area contributed by atoms with Crippen molar-refractivity contribution in [2.75, 3.05) is 0 Å². The highest BCUT2D eigenvalue weighted by Gasteiger charge is 2.62. The molecule has 28 heavy (non-hydrogen) atoms. The first-order valence-corrected chi connectivity index (χ1v) is 10.4. The molecule has 0 amide bonds. The summed E-state index contributed by atoms with van der Waals surface area (Å²) < 4.78 is 43.8. The molecular formula is C6H24N3O16P3. The normalized spacial score (nSPS) is 37.3. The fourth-order valence-electron chi connectivity index (χ4n) is 1.83. The third kappa shape index (κ3) is 7.71. The molecule has 0 aromatic rings. The van der Waals surface area contributed by atoms with Gasteiger partial charge in [-0.25, -0.2) is 18.2 Å². The standard InChI is InChI=1S/C6H15O16P3.3H3N/c7-1-2(8)4(10)6(12,5(11)3(1)9)20-24(16,17)22-25(18,19)21-23(13,14)15;;;/h1-5,7-12H,(H,16,17)(H,18,19)(H2,13,14,15);3*1H3/t1-,2-,3+,4-,5-,6-;;;/m1.../s1. The first kappa shape index (κ1) is 32.7. The summed E-state index contributed by atoms with van der Waals surface area (Å²) in [7, 11) is -17.7. The number of hydrogen-bond acceptors (Lipinski definition) is 15. The lowest BCUT2D eigenvalue weighted by molar-refractivity contribution is -0.336. The monoisotopic (exact) mass is 487 g/mol. The van der Waals surface area contributed by atoms with Crippen LogP contribution in [0.3, 0.4) is 0 Å². The molecule has 22 heteroatoms. The Kier molecular flexibility index (Phi) is 12.1. The van der Waals surface area contributed by atoms with E-state index in [0.29, 0.717) is 0 Å². The van der Waals surface area contributed by atoms with Crippen molar-refractivity contribution in [1.82, 2.24) is 18.5 Å². The minimum atomic E-state index is -6.04. The van der Waals surface area contributed by atoms with E-state index in [4.69, 9.17) is 14.7 Å². The van der Waals surface area contributed by atoms with Gasteiger partial charge in [0.05, 0.1) is 0 Å². The van der Waals surface area contributed by atoms with Crippen LogP contribution in [0.25, 0.3) is 0 Å². The van der Waals surface area contributed by atoms with Gasteiger partial charge in [-0.3, -0.25) is 0 Å². The minimum Gasteiger partial charge on any atom is -0.387 e. The van der Waals surface area contributed by atoms with E-state index in [1.165, 1.54) is 0 Å². The average Bonchev–Trinajstić information content (AvgIpc) is 2.36. The SMILES string of the molecule is N.N.N.O=P(O)(O)OP(=O)(O)OP(=O)(O)O[C@]1(O)[C@H](O)[C@H](O)[C@@H](O)[C@H](O)[C@H]1O. The predicted octanol–water partition coefficient (Wildman–Crippen LogP) is -3.68. The van der Waals surface area contributed by atoms with Crippen LogP contribution in [0.1, 0.15) is 0 Å². The van der Waals surface area contributed by atoms with Crippen molar-refractivity contribution in [3.63, 3.8) is 0 Å². The zero-order valence-electron chi connectivity index (χ0n) is 13.8. The molecule has 1 aliphatic rings. The second-order valence-corrected chi connectivity index (χ2v) is 9.14. The van der Waals surface area contributed by atoms with Crippen molar-refractivity contribution in [3.05, 3.63) is 0 Å². The first-order valence-electron chi connectivity index (χ1n) is 5.89. The Morgan fingerprint density at radius 3 is 1.32 bits per heavy atom. The summed E-state index contributed by atoms with van der Waals surface area (Å²) in [6.07, 6.45) is -12.6. The van der Waals surface area contributed by atoms with Crippen molar-refractivity contribution in [2.24, 2.45) is 0 Å². The van der Waals surface area contributed by atoms with Crippen LogP contribution in [0.15, 0.2) is 0 Å². The predicted molar refractivity (Wildman–Crippen MR) is 85.0 cm³/mol. The highest BCUT2D eigenvalue weighted by atomic mass is 31.3. The van der Waals surface area contributed by atoms with Crippen LogP contribution in [0, 0.1) is 0 Å². The van der Waals surface area contributed by atoms with Gasteiger partial charge in [0.1, 0.15) is 30.5 Å². The molecule has 1 aliphatic carbocycles. The van der Waals surface area contributed by atoms with Crippen LogP contribution in [0.4, 0.5) is 0 Å². The average molecular weight is 487 g/mol. The van der Waals surface area contributed by atoms with Gasteiger partial charge < -0.3 is 68.7 Å². The molecule has 1 rings (SSSR count). The maximum absolute atomic E-state index is 11.6. The van der Waals surface area contributed by atoms with Gasteiger partial charge in [-0.15, -0.1) is 0 Å². The maximum Gasteiger partial charge on any atom is 0.490 e. The summed E-state index contributed by atoms with van der Waals surface area (Å²) in [6.45, 7) is 0. The third-order valence-electron chi connectivity index (χ3n) is 2.87. The molecule has 2 unspecified atom stereocenters. The summed E-state index contributed by atoms with van der Waals surface area (Å²) in [5.74, 6) is -3.72. The van der Waals surface area contributed by atoms with E-state index < -0.39 is 59.8 Å². The highest BCUT2D eigenvalue weighted by Crippen LogP contribution is 2.67. The Balaban J connectivity index is -0.00000208. The van der Waals surface area contributed by atoms with E-state index >= 15 is 0 Å². The van der Waals surface area contributed by atoms with Crippen LogP contribution in [0.5, 0.6) is 0 Å². The topological polar surface area (TPSA) is 386 Å². The number of hydrogen-bond donors (Lipinski definition) is 13. The van der Waals surface area contributed by atoms with Crippen molar-refractivity contribution >= 4 is 23.5 Å². The van der Waals surface area contributed by atoms with E-state index in [9.17, 15) is 49.2 Å². The molecule has 8 atom stereocenters. The molecule has 1 fully saturated rings. The Bertz CT molecular complexity index is 625. The van der Waals surface area contributed by atoms with Gasteiger partial charge >= 0.3 is 23.5 Å². The van der Waals surface area contributed by atoms with Crippen LogP contribution >= 0.6 is 23.5 Å². The number of rotatable bonds is 6. The van der Waals surface area contributed by atoms with Crippen LogP contribution in [-0.4, -0.2) is 86.5 Å². The number of aliphatic hydroxyl groups is 6. The summed E-state index contributed by atoms with van der Waals surface area (Å²) in [6, 6.07) is 0. The van der Waals surface area contributed by atoms with Crippen LogP contribution in [-0.2, 0) is 26.8 Å². The lowest BCUT2D eigenvalue weighted by Gasteiger charge is -2.46. The Labute approximate surface area is 156 Å². The molecule has 1 saturated carbocycles. The largest absolute Gasteiger partial charge is 0.490 e. The smallest absolute Gasteiger partial charge is 0.387 e. The van der Waals surface area contributed by atoms with E-state index in [1.807, 2.05) is 0 Å². The lowest BCUT2D eigenvalue weighted by Crippen LogP contribution is -2.71. The van der Waals surface area contributed by atoms with Crippen molar-refractivity contribution in [1.29, 1.82) is 0 Å². The second-order valence-electron chi connectivity index (χ2n) is 4.80. The molecule has 0 saturated heterocycles. The van der Waals surface area contributed by atoms with E-state index in [-0.39, 0.29) is 18.5 Å². The summed E-state index contributed by atoms with van der Waals surface area (Å²) in [5.41, 5.74) is 0. The van der Waals surface area contributed by atoms with Crippen molar-refractivity contribution < 1.29 is 77.1 Å². The zero-order valence-corrected chi connectivity index (χ0v) is 16.5. The molecule has 0 spiro atoms. The molecule has 0 radical (unpaired) electrons. The Morgan fingerprint density at radius 1 is 0.643 bits per heavy atom. The van der Waals surface area contributed by atoms with Gasteiger partial charge in [0.2, 0.25) is 5.79 Å². The number of aliphatic hydroxyl groups excluding tert-OH is 5. The molecule has 174 valence electrons. The first-order chi connectivity index (χ1) is 10.9. The highest BCUT2D eigenvalue weighted by molar-refractivity contribution is 7.66. The quantitative estimate of drug-likeness (QED) is 0.127. The fraction of sp³-hybridized carbons (Fsp3) is 1.00. The molecule has 0 bridgehead atoms. The minimum absolute atomic E-state index is 0. The third-order valence-corrected chi connectivity index (χ3v) is 6.72. The number of phosphoric ester groups is 1. The maximum atomic E-state index is 11.6. The van der Waals surface area contributed by atoms with Gasteiger partial charge in [-0.2, -0.15) is 8.62 Å². The molecule has 0 aliphatic heterocycles. The zero-order chi connectivity index (χ0) is 20.0. The van der Waals surface area contributed by atoms with Gasteiger partial charge in [-0.05, 0) is 0 Å². The molecule has 19 N–H and O–H groups in total. The van der Waals surface area contributed by atoms with Gasteiger partial charge in [0.25, 0.3) is 0 Å². The van der Waals surface area contributed by atoms with Crippen LogP contribution < -0.4 is 18.5 Å². The van der Waals surface area contributed by atoms with E-state index in [2.05, 4.69) is 13.1 Å². The van der Waals surface area contributed by atoms with Gasteiger partial charge in [0.15, 0.2) is 0 Å². The molecule has 0 aromatic heterocycles. The summed E-state index contributed by atoms with van der Waals surface area (Å²) in [5, 5.41) is 57.1. The van der Waals surface area contributed by atoms with Crippen LogP contribution in [0.2, 0.25) is 0 Å². The molecule has 19 nitrogen and oxygen atoms in total. The molecular weight excluding hydrogens is 463 g/mol. The van der Waals surface area contributed by atoms with E-state index in [1.54, 1.807) is 0 Å². The second kappa shape index (κ2) is 10.4. The van der Waals surface area contributed by atoms with Crippen molar-refractivity contribution in [3.8, 4) is 0 Å². The fourth-order valence-corrected chi connectivity index (χ4v) is 5.05. The molecule has 0 heterocycles. The van der Waals surface area contributed by atoms with Gasteiger partial charge in [0, 0.05) is 0 Å².